The number of rotatable bonds is 5. The molecule has 1 aliphatic carbocycles. The van der Waals surface area contributed by atoms with Crippen molar-refractivity contribution >= 4 is 5.97 Å². The van der Waals surface area contributed by atoms with Crippen molar-refractivity contribution < 1.29 is 32.5 Å². The zero-order valence-corrected chi connectivity index (χ0v) is 15.2. The van der Waals surface area contributed by atoms with Crippen LogP contribution >= 0.6 is 0 Å². The Bertz CT molecular complexity index is 433. The molecule has 0 radical (unpaired) electrons. The van der Waals surface area contributed by atoms with Crippen LogP contribution in [-0.2, 0) is 14.3 Å². The smallest absolute Gasteiger partial charge is 0.475 e. The largest absolute Gasteiger partial charge is 0.490 e. The molecule has 3 rings (SSSR count). The van der Waals surface area contributed by atoms with Gasteiger partial charge in [0.05, 0.1) is 5.60 Å². The van der Waals surface area contributed by atoms with E-state index in [9.17, 15) is 13.2 Å². The van der Waals surface area contributed by atoms with Crippen LogP contribution in [0.15, 0.2) is 0 Å². The molecule has 0 bridgehead atoms. The number of carbonyl (C=O) groups is 1. The zero-order valence-electron chi connectivity index (χ0n) is 15.2. The van der Waals surface area contributed by atoms with Crippen LogP contribution < -0.4 is 5.32 Å². The van der Waals surface area contributed by atoms with E-state index in [1.165, 1.54) is 51.4 Å². The lowest BCUT2D eigenvalue weighted by Crippen LogP contribution is -2.46. The van der Waals surface area contributed by atoms with E-state index >= 15 is 0 Å². The molecule has 0 aromatic rings. The summed E-state index contributed by atoms with van der Waals surface area (Å²) in [6.45, 7) is 5.16. The first-order valence-corrected chi connectivity index (χ1v) is 9.56. The van der Waals surface area contributed by atoms with Crippen molar-refractivity contribution in [2.75, 3.05) is 32.9 Å². The summed E-state index contributed by atoms with van der Waals surface area (Å²) < 4.78 is 43.8. The third kappa shape index (κ3) is 6.39. The maximum Gasteiger partial charge on any atom is 0.490 e. The van der Waals surface area contributed by atoms with Gasteiger partial charge in [0.1, 0.15) is 0 Å². The molecule has 3 fully saturated rings. The molecule has 0 aromatic carbocycles. The fourth-order valence-electron chi connectivity index (χ4n) is 4.25. The number of ether oxygens (including phenoxy) is 2. The van der Waals surface area contributed by atoms with Crippen LogP contribution in [0.1, 0.15) is 51.4 Å². The second kappa shape index (κ2) is 9.90. The van der Waals surface area contributed by atoms with Gasteiger partial charge in [0.15, 0.2) is 0 Å². The molecule has 2 N–H and O–H groups in total. The molecule has 2 saturated heterocycles. The number of hydrogen-bond acceptors (Lipinski definition) is 4. The molecule has 5 nitrogen and oxygen atoms in total. The number of aliphatic carboxylic acids is 1. The van der Waals surface area contributed by atoms with Gasteiger partial charge in [-0.3, -0.25) is 0 Å². The Kier molecular flexibility index (Phi) is 8.16. The molecule has 1 unspecified atom stereocenters. The van der Waals surface area contributed by atoms with E-state index in [-0.39, 0.29) is 5.60 Å². The summed E-state index contributed by atoms with van der Waals surface area (Å²) in [5.41, 5.74) is 0.196. The highest BCUT2D eigenvalue weighted by molar-refractivity contribution is 5.73. The van der Waals surface area contributed by atoms with E-state index in [1.54, 1.807) is 0 Å². The fraction of sp³-hybridized carbons (Fsp3) is 0.944. The van der Waals surface area contributed by atoms with Crippen LogP contribution in [0.4, 0.5) is 13.2 Å². The van der Waals surface area contributed by atoms with Crippen molar-refractivity contribution in [3.05, 3.63) is 0 Å². The Balaban J connectivity index is 0.000000298. The number of piperidine rings is 1. The molecule has 0 amide bonds. The molecule has 152 valence electrons. The van der Waals surface area contributed by atoms with Crippen LogP contribution in [0.3, 0.4) is 0 Å². The average molecular weight is 381 g/mol. The molecular weight excluding hydrogens is 351 g/mol. The minimum atomic E-state index is -5.08. The number of alkyl halides is 3. The first-order valence-electron chi connectivity index (χ1n) is 9.56. The fourth-order valence-corrected chi connectivity index (χ4v) is 4.25. The summed E-state index contributed by atoms with van der Waals surface area (Å²) in [7, 11) is 0. The van der Waals surface area contributed by atoms with E-state index in [0.29, 0.717) is 0 Å². The highest BCUT2D eigenvalue weighted by Gasteiger charge is 2.44. The maximum atomic E-state index is 10.6. The Morgan fingerprint density at radius 1 is 1.19 bits per heavy atom. The Hall–Kier alpha value is -0.860. The van der Waals surface area contributed by atoms with Crippen LogP contribution in [0.25, 0.3) is 0 Å². The van der Waals surface area contributed by atoms with E-state index < -0.39 is 12.1 Å². The number of halogens is 3. The van der Waals surface area contributed by atoms with Crippen LogP contribution in [0, 0.1) is 11.8 Å². The van der Waals surface area contributed by atoms with Gasteiger partial charge in [-0.05, 0) is 63.5 Å². The van der Waals surface area contributed by atoms with Gasteiger partial charge < -0.3 is 19.9 Å². The number of nitrogens with one attached hydrogen (secondary N) is 1. The molecule has 8 heteroatoms. The first-order chi connectivity index (χ1) is 12.3. The summed E-state index contributed by atoms with van der Waals surface area (Å²) in [6.07, 6.45) is 5.37. The molecule has 3 aliphatic rings. The quantitative estimate of drug-likeness (QED) is 0.715. The highest BCUT2D eigenvalue weighted by atomic mass is 19.4. The SMILES string of the molecule is C1CCC(COCCC2CCOC23CCNCC3)C1.O=C(O)C(F)(F)F. The highest BCUT2D eigenvalue weighted by Crippen LogP contribution is 2.41. The van der Waals surface area contributed by atoms with Gasteiger partial charge in [-0.2, -0.15) is 13.2 Å². The normalized spacial score (nSPS) is 25.9. The number of carboxylic acids is 1. The third-order valence-corrected chi connectivity index (χ3v) is 5.73. The van der Waals surface area contributed by atoms with E-state index in [2.05, 4.69) is 5.32 Å². The van der Waals surface area contributed by atoms with E-state index in [4.69, 9.17) is 19.4 Å². The number of carboxylic acid groups (broad SMARTS) is 1. The lowest BCUT2D eigenvalue weighted by Gasteiger charge is -2.38. The summed E-state index contributed by atoms with van der Waals surface area (Å²) >= 11 is 0. The van der Waals surface area contributed by atoms with Crippen molar-refractivity contribution in [3.63, 3.8) is 0 Å². The van der Waals surface area contributed by atoms with Crippen LogP contribution in [0.2, 0.25) is 0 Å². The topological polar surface area (TPSA) is 67.8 Å². The second-order valence-corrected chi connectivity index (χ2v) is 7.47. The number of hydrogen-bond donors (Lipinski definition) is 2. The minimum Gasteiger partial charge on any atom is -0.475 e. The standard InChI is InChI=1S/C16H29NO2.C2HF3O2/c1-2-4-14(3-1)13-18-11-5-15-6-12-19-16(15)7-9-17-10-8-16;3-2(4,5)1(6)7/h14-15,17H,1-13H2;(H,6,7). The maximum absolute atomic E-state index is 10.6. The van der Waals surface area contributed by atoms with Gasteiger partial charge in [-0.15, -0.1) is 0 Å². The van der Waals surface area contributed by atoms with Crippen molar-refractivity contribution in [3.8, 4) is 0 Å². The van der Waals surface area contributed by atoms with Crippen molar-refractivity contribution in [2.24, 2.45) is 11.8 Å². The van der Waals surface area contributed by atoms with Gasteiger partial charge in [-0.1, -0.05) is 12.8 Å². The average Bonchev–Trinajstić information content (AvgIpc) is 3.23. The van der Waals surface area contributed by atoms with Gasteiger partial charge in [0, 0.05) is 19.8 Å². The van der Waals surface area contributed by atoms with Gasteiger partial charge >= 0.3 is 12.1 Å². The van der Waals surface area contributed by atoms with Crippen molar-refractivity contribution in [2.45, 2.75) is 63.1 Å². The predicted molar refractivity (Wildman–Crippen MR) is 90.0 cm³/mol. The summed E-state index contributed by atoms with van der Waals surface area (Å²) in [4.78, 5) is 8.90. The van der Waals surface area contributed by atoms with Crippen molar-refractivity contribution in [1.82, 2.24) is 5.32 Å². The minimum absolute atomic E-state index is 0.196. The van der Waals surface area contributed by atoms with Gasteiger partial charge in [-0.25, -0.2) is 4.79 Å². The molecule has 2 aliphatic heterocycles. The van der Waals surface area contributed by atoms with E-state index in [0.717, 1.165) is 44.7 Å². The molecule has 1 spiro atoms. The Morgan fingerprint density at radius 2 is 1.81 bits per heavy atom. The Morgan fingerprint density at radius 3 is 2.38 bits per heavy atom. The first kappa shape index (κ1) is 21.4. The zero-order chi connectivity index (χ0) is 19.0. The van der Waals surface area contributed by atoms with Gasteiger partial charge in [0.25, 0.3) is 0 Å². The van der Waals surface area contributed by atoms with Gasteiger partial charge in [0.2, 0.25) is 0 Å². The monoisotopic (exact) mass is 381 g/mol. The molecular formula is C18H30F3NO4. The lowest BCUT2D eigenvalue weighted by atomic mass is 9.78. The van der Waals surface area contributed by atoms with Crippen LogP contribution in [0.5, 0.6) is 0 Å². The summed E-state index contributed by atoms with van der Waals surface area (Å²) in [5.74, 6) is -1.17. The van der Waals surface area contributed by atoms with Crippen molar-refractivity contribution in [1.29, 1.82) is 0 Å². The lowest BCUT2D eigenvalue weighted by molar-refractivity contribution is -0.192. The predicted octanol–water partition coefficient (Wildman–Crippen LogP) is 3.38. The van der Waals surface area contributed by atoms with E-state index in [1.807, 2.05) is 0 Å². The summed E-state index contributed by atoms with van der Waals surface area (Å²) in [6, 6.07) is 0. The Labute approximate surface area is 152 Å². The molecule has 1 atom stereocenters. The summed E-state index contributed by atoms with van der Waals surface area (Å²) in [5, 5.41) is 10.6. The molecule has 26 heavy (non-hydrogen) atoms. The van der Waals surface area contributed by atoms with Crippen LogP contribution in [-0.4, -0.2) is 55.8 Å². The third-order valence-electron chi connectivity index (χ3n) is 5.73. The molecule has 0 aromatic heterocycles. The molecule has 2 heterocycles. The molecule has 1 saturated carbocycles. The second-order valence-electron chi connectivity index (χ2n) is 7.47.